The van der Waals surface area contributed by atoms with Crippen molar-refractivity contribution in [2.24, 2.45) is 0 Å². The number of carbonyl (C=O) groups excluding carboxylic acids is 1. The number of fused-ring (bicyclic) bond motifs is 1. The molecule has 4 rings (SSSR count). The van der Waals surface area contributed by atoms with E-state index in [0.29, 0.717) is 17.8 Å². The fraction of sp³-hybridized carbons (Fsp3) is 0.100. The molecule has 0 bridgehead atoms. The maximum Gasteiger partial charge on any atom is 0.258 e. The highest BCUT2D eigenvalue weighted by atomic mass is 19.1. The van der Waals surface area contributed by atoms with Gasteiger partial charge >= 0.3 is 0 Å². The summed E-state index contributed by atoms with van der Waals surface area (Å²) in [6.45, 7) is 0.324. The number of anilines is 1. The van der Waals surface area contributed by atoms with Crippen LogP contribution in [0.1, 0.15) is 27.8 Å². The van der Waals surface area contributed by atoms with Crippen LogP contribution in [-0.2, 0) is 6.54 Å². The lowest BCUT2D eigenvalue weighted by Crippen LogP contribution is -2.32. The van der Waals surface area contributed by atoms with E-state index >= 15 is 0 Å². The molecule has 0 aliphatic carbocycles. The summed E-state index contributed by atoms with van der Waals surface area (Å²) in [7, 11) is 0. The first-order valence-corrected chi connectivity index (χ1v) is 8.15. The Kier molecular flexibility index (Phi) is 4.08. The van der Waals surface area contributed by atoms with Crippen molar-refractivity contribution >= 4 is 11.6 Å². The summed E-state index contributed by atoms with van der Waals surface area (Å²) >= 11 is 0. The minimum absolute atomic E-state index is 0.0145. The van der Waals surface area contributed by atoms with Crippen molar-refractivity contribution in [2.75, 3.05) is 5.32 Å². The number of nitrogens with zero attached hydrogens (tertiary/aromatic N) is 2. The van der Waals surface area contributed by atoms with E-state index in [-0.39, 0.29) is 11.6 Å². The predicted octanol–water partition coefficient (Wildman–Crippen LogP) is 4.13. The highest BCUT2D eigenvalue weighted by Crippen LogP contribution is 2.34. The number of rotatable bonds is 4. The highest BCUT2D eigenvalue weighted by Gasteiger charge is 2.38. The van der Waals surface area contributed by atoms with E-state index in [4.69, 9.17) is 0 Å². The summed E-state index contributed by atoms with van der Waals surface area (Å²) in [4.78, 5) is 18.7. The smallest absolute Gasteiger partial charge is 0.258 e. The third kappa shape index (κ3) is 2.90. The van der Waals surface area contributed by atoms with Crippen molar-refractivity contribution in [3.63, 3.8) is 0 Å². The van der Waals surface area contributed by atoms with E-state index in [2.05, 4.69) is 10.3 Å². The molecule has 26 heavy (non-hydrogen) atoms. The summed E-state index contributed by atoms with van der Waals surface area (Å²) in [5.41, 5.74) is 1.87. The van der Waals surface area contributed by atoms with E-state index in [1.807, 2.05) is 30.3 Å². The van der Waals surface area contributed by atoms with Crippen LogP contribution < -0.4 is 5.32 Å². The lowest BCUT2D eigenvalue weighted by Gasteiger charge is -2.26. The van der Waals surface area contributed by atoms with Gasteiger partial charge in [-0.1, -0.05) is 30.3 Å². The van der Waals surface area contributed by atoms with Crippen molar-refractivity contribution in [1.29, 1.82) is 0 Å². The van der Waals surface area contributed by atoms with Crippen LogP contribution in [0.3, 0.4) is 0 Å². The Morgan fingerprint density at radius 3 is 2.65 bits per heavy atom. The molecular formula is C20H15F2N3O. The van der Waals surface area contributed by atoms with Gasteiger partial charge < -0.3 is 10.2 Å². The number of halogens is 2. The Morgan fingerprint density at radius 1 is 1.04 bits per heavy atom. The minimum atomic E-state index is -0.685. The van der Waals surface area contributed by atoms with E-state index in [0.717, 1.165) is 23.8 Å². The standard InChI is InChI=1S/C20H15F2N3O/c21-14-8-9-16(22)17(11-14)24-19-18-15(7-4-10-23-18)20(26)25(19)12-13-5-2-1-3-6-13/h1-11,19,24H,12H2/t19-/m1/s1. The van der Waals surface area contributed by atoms with Crippen LogP contribution >= 0.6 is 0 Å². The molecule has 1 aliphatic heterocycles. The molecule has 1 amide bonds. The molecule has 130 valence electrons. The molecule has 1 aromatic heterocycles. The van der Waals surface area contributed by atoms with E-state index in [9.17, 15) is 13.6 Å². The van der Waals surface area contributed by atoms with Crippen LogP contribution in [0.25, 0.3) is 0 Å². The van der Waals surface area contributed by atoms with Gasteiger partial charge in [0.2, 0.25) is 0 Å². The Labute approximate surface area is 149 Å². The largest absolute Gasteiger partial charge is 0.358 e. The molecule has 0 saturated carbocycles. The van der Waals surface area contributed by atoms with E-state index < -0.39 is 17.8 Å². The van der Waals surface area contributed by atoms with E-state index in [1.165, 1.54) is 0 Å². The zero-order chi connectivity index (χ0) is 18.1. The molecule has 4 nitrogen and oxygen atoms in total. The minimum Gasteiger partial charge on any atom is -0.358 e. The molecular weight excluding hydrogens is 336 g/mol. The zero-order valence-corrected chi connectivity index (χ0v) is 13.7. The van der Waals surface area contributed by atoms with Crippen LogP contribution in [0.15, 0.2) is 66.9 Å². The molecule has 6 heteroatoms. The SMILES string of the molecule is O=C1c2cccnc2[C@H](Nc2cc(F)ccc2F)N1Cc1ccccc1. The maximum atomic E-state index is 14.1. The lowest BCUT2D eigenvalue weighted by molar-refractivity contribution is 0.0727. The number of carbonyl (C=O) groups is 1. The van der Waals surface area contributed by atoms with Gasteiger partial charge in [-0.05, 0) is 29.8 Å². The molecule has 0 unspecified atom stereocenters. The second-order valence-electron chi connectivity index (χ2n) is 6.03. The molecule has 0 spiro atoms. The Balaban J connectivity index is 1.72. The molecule has 1 atom stereocenters. The van der Waals surface area contributed by atoms with Crippen molar-refractivity contribution in [3.8, 4) is 0 Å². The van der Waals surface area contributed by atoms with Crippen LogP contribution in [-0.4, -0.2) is 15.8 Å². The van der Waals surface area contributed by atoms with Gasteiger partial charge in [-0.25, -0.2) is 8.78 Å². The number of hydrogen-bond donors (Lipinski definition) is 1. The van der Waals surface area contributed by atoms with Crippen molar-refractivity contribution in [1.82, 2.24) is 9.88 Å². The lowest BCUT2D eigenvalue weighted by atomic mass is 10.2. The normalized spacial score (nSPS) is 15.8. The van der Waals surface area contributed by atoms with Gasteiger partial charge in [-0.3, -0.25) is 9.78 Å². The summed E-state index contributed by atoms with van der Waals surface area (Å²) < 4.78 is 27.6. The summed E-state index contributed by atoms with van der Waals surface area (Å²) in [6, 6.07) is 16.0. The van der Waals surface area contributed by atoms with Crippen molar-refractivity contribution in [2.45, 2.75) is 12.7 Å². The summed E-state index contributed by atoms with van der Waals surface area (Å²) in [5, 5.41) is 2.93. The fourth-order valence-corrected chi connectivity index (χ4v) is 3.08. The zero-order valence-electron chi connectivity index (χ0n) is 13.7. The van der Waals surface area contributed by atoms with Crippen LogP contribution in [0, 0.1) is 11.6 Å². The number of benzene rings is 2. The molecule has 0 fully saturated rings. The summed E-state index contributed by atoms with van der Waals surface area (Å²) in [6.07, 6.45) is 0.893. The van der Waals surface area contributed by atoms with Crippen LogP contribution in [0.4, 0.5) is 14.5 Å². The average molecular weight is 351 g/mol. The Hall–Kier alpha value is -3.28. The Bertz CT molecular complexity index is 962. The van der Waals surface area contributed by atoms with Gasteiger partial charge in [0.25, 0.3) is 5.91 Å². The maximum absolute atomic E-state index is 14.1. The predicted molar refractivity (Wildman–Crippen MR) is 93.3 cm³/mol. The number of aromatic nitrogens is 1. The van der Waals surface area contributed by atoms with Crippen molar-refractivity contribution in [3.05, 3.63) is 95.3 Å². The first-order chi connectivity index (χ1) is 12.6. The number of nitrogens with one attached hydrogen (secondary N) is 1. The molecule has 2 heterocycles. The number of hydrogen-bond acceptors (Lipinski definition) is 3. The van der Waals surface area contributed by atoms with Gasteiger partial charge in [-0.15, -0.1) is 0 Å². The third-order valence-corrected chi connectivity index (χ3v) is 4.32. The summed E-state index contributed by atoms with van der Waals surface area (Å²) in [5.74, 6) is -1.36. The quantitative estimate of drug-likeness (QED) is 0.769. The number of pyridine rings is 1. The van der Waals surface area contributed by atoms with E-state index in [1.54, 1.807) is 23.2 Å². The van der Waals surface area contributed by atoms with Crippen molar-refractivity contribution < 1.29 is 13.6 Å². The third-order valence-electron chi connectivity index (χ3n) is 4.32. The second kappa shape index (κ2) is 6.55. The molecule has 1 aliphatic rings. The highest BCUT2D eigenvalue weighted by molar-refractivity contribution is 5.98. The number of amides is 1. The average Bonchev–Trinajstić information content (AvgIpc) is 2.92. The fourth-order valence-electron chi connectivity index (χ4n) is 3.08. The Morgan fingerprint density at radius 2 is 1.85 bits per heavy atom. The molecule has 1 N–H and O–H groups in total. The molecule has 0 radical (unpaired) electrons. The van der Waals surface area contributed by atoms with Crippen LogP contribution in [0.2, 0.25) is 0 Å². The molecule has 2 aromatic carbocycles. The van der Waals surface area contributed by atoms with Gasteiger partial charge in [0.1, 0.15) is 17.8 Å². The second-order valence-corrected chi connectivity index (χ2v) is 6.03. The topological polar surface area (TPSA) is 45.2 Å². The first kappa shape index (κ1) is 16.2. The monoisotopic (exact) mass is 351 g/mol. The van der Waals surface area contributed by atoms with Crippen LogP contribution in [0.5, 0.6) is 0 Å². The van der Waals surface area contributed by atoms with Gasteiger partial charge in [0.05, 0.1) is 16.9 Å². The molecule has 0 saturated heterocycles. The van der Waals surface area contributed by atoms with Gasteiger partial charge in [0.15, 0.2) is 0 Å². The first-order valence-electron chi connectivity index (χ1n) is 8.15. The van der Waals surface area contributed by atoms with Gasteiger partial charge in [0, 0.05) is 18.8 Å². The van der Waals surface area contributed by atoms with Gasteiger partial charge in [-0.2, -0.15) is 0 Å². The molecule has 3 aromatic rings.